The van der Waals surface area contributed by atoms with Gasteiger partial charge in [-0.05, 0) is 17.7 Å². The van der Waals surface area contributed by atoms with E-state index in [0.29, 0.717) is 0 Å². The Kier molecular flexibility index (Phi) is 4.88. The summed E-state index contributed by atoms with van der Waals surface area (Å²) in [5.41, 5.74) is 3.53. The van der Waals surface area contributed by atoms with Crippen LogP contribution in [0.1, 0.15) is 11.3 Å². The molecule has 2 aromatic heterocycles. The van der Waals surface area contributed by atoms with E-state index in [1.54, 1.807) is 0 Å². The van der Waals surface area contributed by atoms with Crippen LogP contribution in [-0.2, 0) is 11.5 Å². The van der Waals surface area contributed by atoms with Crippen molar-refractivity contribution in [3.63, 3.8) is 0 Å². The third kappa shape index (κ3) is 3.52. The standard InChI is InChI=1S/C15H14N2S.ClH/c1-2-6-13(7-3-1)11-18-12-14-10-17-9-5-4-8-15(17)16-14;/h1-10H,11-12H2;1H/p-1. The summed E-state index contributed by atoms with van der Waals surface area (Å²) in [6, 6.07) is 16.6. The largest absolute Gasteiger partial charge is 1.00 e. The van der Waals surface area contributed by atoms with Gasteiger partial charge in [-0.25, -0.2) is 4.98 Å². The molecule has 2 nitrogen and oxygen atoms in total. The van der Waals surface area contributed by atoms with Gasteiger partial charge in [0.1, 0.15) is 5.65 Å². The maximum atomic E-state index is 4.59. The molecule has 0 saturated carbocycles. The SMILES string of the molecule is [Cl-].c1ccc(CSCc2cn3ccccc3n2)cc1. The molecule has 3 aromatic rings. The molecular weight excluding hydrogens is 276 g/mol. The summed E-state index contributed by atoms with van der Waals surface area (Å²) in [5.74, 6) is 1.99. The lowest BCUT2D eigenvalue weighted by atomic mass is 10.2. The highest BCUT2D eigenvalue weighted by Crippen LogP contribution is 2.17. The van der Waals surface area contributed by atoms with Crippen molar-refractivity contribution >= 4 is 17.4 Å². The molecule has 2 heterocycles. The van der Waals surface area contributed by atoms with E-state index in [-0.39, 0.29) is 12.4 Å². The van der Waals surface area contributed by atoms with E-state index in [0.717, 1.165) is 22.8 Å². The Morgan fingerprint density at radius 3 is 2.53 bits per heavy atom. The van der Waals surface area contributed by atoms with Gasteiger partial charge < -0.3 is 16.8 Å². The molecule has 0 N–H and O–H groups in total. The van der Waals surface area contributed by atoms with E-state index in [1.807, 2.05) is 36.2 Å². The Labute approximate surface area is 123 Å². The summed E-state index contributed by atoms with van der Waals surface area (Å²) < 4.78 is 2.07. The Bertz CT molecular complexity index is 604. The highest BCUT2D eigenvalue weighted by Gasteiger charge is 2.01. The monoisotopic (exact) mass is 289 g/mol. The first-order chi connectivity index (χ1) is 8.92. The van der Waals surface area contributed by atoms with Crippen LogP contribution in [0.4, 0.5) is 0 Å². The van der Waals surface area contributed by atoms with Crippen LogP contribution in [-0.4, -0.2) is 9.38 Å². The van der Waals surface area contributed by atoms with Crippen molar-refractivity contribution in [1.29, 1.82) is 0 Å². The van der Waals surface area contributed by atoms with Crippen LogP contribution in [0.15, 0.2) is 60.9 Å². The zero-order valence-corrected chi connectivity index (χ0v) is 11.9. The molecule has 0 aliphatic carbocycles. The number of nitrogens with zero attached hydrogens (tertiary/aromatic N) is 2. The molecule has 0 unspecified atom stereocenters. The first-order valence-corrected chi connectivity index (χ1v) is 7.11. The lowest BCUT2D eigenvalue weighted by molar-refractivity contribution is -0.00000372. The van der Waals surface area contributed by atoms with Crippen LogP contribution in [0.5, 0.6) is 0 Å². The van der Waals surface area contributed by atoms with E-state index in [1.165, 1.54) is 5.56 Å². The summed E-state index contributed by atoms with van der Waals surface area (Å²) in [4.78, 5) is 4.59. The van der Waals surface area contributed by atoms with Crippen molar-refractivity contribution in [2.45, 2.75) is 11.5 Å². The second-order valence-corrected chi connectivity index (χ2v) is 5.16. The summed E-state index contributed by atoms with van der Waals surface area (Å²) in [7, 11) is 0. The van der Waals surface area contributed by atoms with Crippen LogP contribution in [0.2, 0.25) is 0 Å². The van der Waals surface area contributed by atoms with Crippen LogP contribution >= 0.6 is 11.8 Å². The second-order valence-electron chi connectivity index (χ2n) is 4.18. The summed E-state index contributed by atoms with van der Waals surface area (Å²) in [5, 5.41) is 0. The number of imidazole rings is 1. The zero-order valence-electron chi connectivity index (χ0n) is 10.4. The van der Waals surface area contributed by atoms with Crippen molar-refractivity contribution in [2.24, 2.45) is 0 Å². The highest BCUT2D eigenvalue weighted by atomic mass is 35.5. The lowest BCUT2D eigenvalue weighted by Crippen LogP contribution is -3.00. The molecule has 0 amide bonds. The molecule has 0 radical (unpaired) electrons. The molecule has 0 fully saturated rings. The number of hydrogen-bond acceptors (Lipinski definition) is 2. The Morgan fingerprint density at radius 2 is 1.74 bits per heavy atom. The molecule has 98 valence electrons. The molecule has 3 rings (SSSR count). The molecule has 0 bridgehead atoms. The number of pyridine rings is 1. The first-order valence-electron chi connectivity index (χ1n) is 5.96. The van der Waals surface area contributed by atoms with Crippen molar-refractivity contribution in [3.05, 3.63) is 72.2 Å². The summed E-state index contributed by atoms with van der Waals surface area (Å²) >= 11 is 1.90. The Balaban J connectivity index is 0.00000133. The third-order valence-electron chi connectivity index (χ3n) is 2.78. The number of fused-ring (bicyclic) bond motifs is 1. The number of aromatic nitrogens is 2. The van der Waals surface area contributed by atoms with Crippen molar-refractivity contribution in [1.82, 2.24) is 9.38 Å². The maximum Gasteiger partial charge on any atom is 0.137 e. The zero-order chi connectivity index (χ0) is 12.2. The lowest BCUT2D eigenvalue weighted by Gasteiger charge is -1.99. The number of halogens is 1. The predicted octanol–water partition coefficient (Wildman–Crippen LogP) is 0.772. The van der Waals surface area contributed by atoms with Crippen LogP contribution in [0, 0.1) is 0 Å². The van der Waals surface area contributed by atoms with Gasteiger partial charge in [-0.15, -0.1) is 0 Å². The third-order valence-corrected chi connectivity index (χ3v) is 3.81. The molecule has 19 heavy (non-hydrogen) atoms. The molecule has 4 heteroatoms. The molecule has 0 atom stereocenters. The van der Waals surface area contributed by atoms with E-state index < -0.39 is 0 Å². The Morgan fingerprint density at radius 1 is 0.947 bits per heavy atom. The molecule has 0 aliphatic rings. The van der Waals surface area contributed by atoms with Gasteiger partial charge in [0, 0.05) is 23.9 Å². The van der Waals surface area contributed by atoms with Gasteiger partial charge in [-0.1, -0.05) is 36.4 Å². The van der Waals surface area contributed by atoms with Gasteiger partial charge >= 0.3 is 0 Å². The van der Waals surface area contributed by atoms with Gasteiger partial charge in [0.2, 0.25) is 0 Å². The van der Waals surface area contributed by atoms with Crippen molar-refractivity contribution < 1.29 is 12.4 Å². The van der Waals surface area contributed by atoms with Gasteiger partial charge in [0.15, 0.2) is 0 Å². The molecule has 1 aromatic carbocycles. The minimum Gasteiger partial charge on any atom is -1.00 e. The van der Waals surface area contributed by atoms with Gasteiger partial charge in [0.05, 0.1) is 5.69 Å². The van der Waals surface area contributed by atoms with Gasteiger partial charge in [-0.3, -0.25) is 0 Å². The number of thioether (sulfide) groups is 1. The van der Waals surface area contributed by atoms with Crippen LogP contribution < -0.4 is 12.4 Å². The average molecular weight is 290 g/mol. The quantitative estimate of drug-likeness (QED) is 0.706. The van der Waals surface area contributed by atoms with Crippen LogP contribution in [0.25, 0.3) is 5.65 Å². The van der Waals surface area contributed by atoms with Crippen molar-refractivity contribution in [2.75, 3.05) is 0 Å². The minimum absolute atomic E-state index is 0. The van der Waals surface area contributed by atoms with Crippen LogP contribution in [0.3, 0.4) is 0 Å². The minimum atomic E-state index is 0. The normalized spacial score (nSPS) is 10.3. The number of hydrogen-bond donors (Lipinski definition) is 0. The molecule has 0 aliphatic heterocycles. The topological polar surface area (TPSA) is 17.3 Å². The molecule has 0 saturated heterocycles. The second kappa shape index (κ2) is 6.64. The Hall–Kier alpha value is -1.45. The van der Waals surface area contributed by atoms with Gasteiger partial charge in [-0.2, -0.15) is 11.8 Å². The van der Waals surface area contributed by atoms with E-state index in [4.69, 9.17) is 0 Å². The maximum absolute atomic E-state index is 4.59. The molecule has 0 spiro atoms. The fraction of sp³-hybridized carbons (Fsp3) is 0.133. The average Bonchev–Trinajstić information content (AvgIpc) is 2.82. The number of benzene rings is 1. The van der Waals surface area contributed by atoms with E-state index in [2.05, 4.69) is 45.9 Å². The first kappa shape index (κ1) is 14.0. The van der Waals surface area contributed by atoms with E-state index >= 15 is 0 Å². The van der Waals surface area contributed by atoms with Crippen molar-refractivity contribution in [3.8, 4) is 0 Å². The summed E-state index contributed by atoms with van der Waals surface area (Å²) in [6.07, 6.45) is 4.14. The fourth-order valence-corrected chi connectivity index (χ4v) is 2.78. The fourth-order valence-electron chi connectivity index (χ4n) is 1.90. The van der Waals surface area contributed by atoms with E-state index in [9.17, 15) is 0 Å². The summed E-state index contributed by atoms with van der Waals surface area (Å²) in [6.45, 7) is 0. The highest BCUT2D eigenvalue weighted by molar-refractivity contribution is 7.97. The predicted molar refractivity (Wildman–Crippen MR) is 76.6 cm³/mol. The number of rotatable bonds is 4. The molecular formula is C15H14ClN2S-. The van der Waals surface area contributed by atoms with Gasteiger partial charge in [0.25, 0.3) is 0 Å². The smallest absolute Gasteiger partial charge is 0.137 e.